The maximum Gasteiger partial charge on any atom is 0.461 e. The molecule has 6 atom stereocenters. The average Bonchev–Trinajstić information content (AvgIpc) is 3.76. The number of rotatable bonds is 16. The van der Waals surface area contributed by atoms with Crippen molar-refractivity contribution < 1.29 is 23.2 Å². The van der Waals surface area contributed by atoms with Crippen molar-refractivity contribution in [1.29, 1.82) is 0 Å². The molecule has 0 aromatic heterocycles. The monoisotopic (exact) mass is 840 g/mol. The second kappa shape index (κ2) is 18.5. The van der Waals surface area contributed by atoms with Gasteiger partial charge >= 0.3 is 7.12 Å². The summed E-state index contributed by atoms with van der Waals surface area (Å²) < 4.78 is 36.0. The topological polar surface area (TPSA) is 46.2 Å². The third-order valence-electron chi connectivity index (χ3n) is 13.6. The van der Waals surface area contributed by atoms with Crippen molar-refractivity contribution in [2.45, 2.75) is 68.9 Å². The Hall–Kier alpha value is -4.86. The highest BCUT2D eigenvalue weighted by atomic mass is 28.4. The van der Waals surface area contributed by atoms with Crippen LogP contribution in [-0.4, -0.2) is 48.5 Å². The Balaban J connectivity index is 1.14. The van der Waals surface area contributed by atoms with Crippen molar-refractivity contribution in [3.8, 4) is 0 Å². The zero-order valence-electron chi connectivity index (χ0n) is 37.3. The number of benzene rings is 6. The van der Waals surface area contributed by atoms with E-state index in [2.05, 4.69) is 204 Å². The van der Waals surface area contributed by atoms with Crippen LogP contribution < -0.4 is 10.4 Å². The van der Waals surface area contributed by atoms with E-state index in [1.807, 2.05) is 24.3 Å². The van der Waals surface area contributed by atoms with E-state index in [1.165, 1.54) is 10.4 Å². The minimum atomic E-state index is -2.67. The van der Waals surface area contributed by atoms with Gasteiger partial charge in [0, 0.05) is 26.6 Å². The SMILES string of the molecule is COC(c1ccccc1)(c1ccccc1)[C@@H]1OB([C@H]2[C@H](C)[C@@H]2/C=C/[C@@H](C)CO[Si](c2ccccc2)(c2ccccc2)C(C)(C)C)O[C@H]1C(OC)(c1ccccc1)c1ccccc1. The first kappa shape index (κ1) is 43.8. The average molecular weight is 841 g/mol. The molecule has 5 nitrogen and oxygen atoms in total. The van der Waals surface area contributed by atoms with E-state index in [-0.39, 0.29) is 22.7 Å². The molecule has 1 aliphatic heterocycles. The lowest BCUT2D eigenvalue weighted by molar-refractivity contribution is -0.136. The molecule has 0 bridgehead atoms. The van der Waals surface area contributed by atoms with Crippen LogP contribution in [0.5, 0.6) is 0 Å². The van der Waals surface area contributed by atoms with E-state index in [1.54, 1.807) is 14.2 Å². The van der Waals surface area contributed by atoms with Crippen LogP contribution in [0.15, 0.2) is 194 Å². The molecule has 1 heterocycles. The van der Waals surface area contributed by atoms with Gasteiger partial charge < -0.3 is 23.2 Å². The molecular formula is C55H61BO5Si. The molecule has 2 aliphatic rings. The van der Waals surface area contributed by atoms with Crippen molar-refractivity contribution in [2.75, 3.05) is 20.8 Å². The molecule has 0 unspecified atom stereocenters. The summed E-state index contributed by atoms with van der Waals surface area (Å²) >= 11 is 0. The van der Waals surface area contributed by atoms with Gasteiger partial charge in [0.05, 0.1) is 0 Å². The molecule has 1 saturated carbocycles. The van der Waals surface area contributed by atoms with Crippen LogP contribution in [0.1, 0.15) is 56.9 Å². The molecule has 1 aliphatic carbocycles. The maximum absolute atomic E-state index is 7.47. The number of ether oxygens (including phenoxy) is 2. The molecule has 0 spiro atoms. The van der Waals surface area contributed by atoms with Crippen LogP contribution in [0.4, 0.5) is 0 Å². The molecule has 62 heavy (non-hydrogen) atoms. The zero-order valence-corrected chi connectivity index (χ0v) is 38.3. The third kappa shape index (κ3) is 7.89. The van der Waals surface area contributed by atoms with Crippen molar-refractivity contribution in [2.24, 2.45) is 17.8 Å². The molecule has 0 N–H and O–H groups in total. The molecular weight excluding hydrogens is 779 g/mol. The largest absolute Gasteiger partial charge is 0.461 e. The van der Waals surface area contributed by atoms with Gasteiger partial charge in [0.25, 0.3) is 8.32 Å². The number of allylic oxidation sites excluding steroid dienone is 1. The highest BCUT2D eigenvalue weighted by Crippen LogP contribution is 2.60. The summed E-state index contributed by atoms with van der Waals surface area (Å²) in [6.45, 7) is 12.2. The smallest absolute Gasteiger partial charge is 0.407 e. The highest BCUT2D eigenvalue weighted by molar-refractivity contribution is 6.99. The fourth-order valence-corrected chi connectivity index (χ4v) is 15.0. The first-order chi connectivity index (χ1) is 30.1. The Kier molecular flexibility index (Phi) is 13.0. The van der Waals surface area contributed by atoms with Crippen LogP contribution in [0.2, 0.25) is 10.9 Å². The summed E-state index contributed by atoms with van der Waals surface area (Å²) in [6, 6.07) is 63.5. The Labute approximate surface area is 371 Å². The lowest BCUT2D eigenvalue weighted by atomic mass is 9.71. The molecule has 6 aromatic carbocycles. The first-order valence-electron chi connectivity index (χ1n) is 22.2. The number of methoxy groups -OCH3 is 2. The van der Waals surface area contributed by atoms with Crippen molar-refractivity contribution in [3.05, 3.63) is 216 Å². The second-order valence-corrected chi connectivity index (χ2v) is 22.5. The van der Waals surface area contributed by atoms with Gasteiger partial charge in [-0.15, -0.1) is 0 Å². The lowest BCUT2D eigenvalue weighted by Gasteiger charge is -2.47. The Bertz CT molecular complexity index is 2120. The van der Waals surface area contributed by atoms with Gasteiger partial charge in [0.2, 0.25) is 0 Å². The van der Waals surface area contributed by atoms with Crippen LogP contribution in [0.25, 0.3) is 0 Å². The molecule has 0 amide bonds. The van der Waals surface area contributed by atoms with E-state index in [0.29, 0.717) is 12.5 Å². The van der Waals surface area contributed by atoms with Gasteiger partial charge in [-0.25, -0.2) is 0 Å². The third-order valence-corrected chi connectivity index (χ3v) is 18.6. The van der Waals surface area contributed by atoms with Crippen LogP contribution in [-0.2, 0) is 34.4 Å². The summed E-state index contributed by atoms with van der Waals surface area (Å²) in [5.41, 5.74) is 1.82. The zero-order chi connectivity index (χ0) is 43.4. The van der Waals surface area contributed by atoms with Gasteiger partial charge in [0.1, 0.15) is 23.4 Å². The minimum Gasteiger partial charge on any atom is -0.407 e. The van der Waals surface area contributed by atoms with Crippen molar-refractivity contribution in [3.63, 3.8) is 0 Å². The Morgan fingerprint density at radius 2 is 0.903 bits per heavy atom. The van der Waals surface area contributed by atoms with Crippen molar-refractivity contribution >= 4 is 25.8 Å². The van der Waals surface area contributed by atoms with E-state index >= 15 is 0 Å². The minimum absolute atomic E-state index is 0.0900. The van der Waals surface area contributed by atoms with Gasteiger partial charge in [-0.1, -0.05) is 229 Å². The fourth-order valence-electron chi connectivity index (χ4n) is 10.4. The predicted octanol–water partition coefficient (Wildman–Crippen LogP) is 10.8. The van der Waals surface area contributed by atoms with Gasteiger partial charge in [-0.3, -0.25) is 0 Å². The predicted molar refractivity (Wildman–Crippen MR) is 255 cm³/mol. The number of hydrogen-bond acceptors (Lipinski definition) is 5. The molecule has 318 valence electrons. The number of hydrogen-bond donors (Lipinski definition) is 0. The quantitative estimate of drug-likeness (QED) is 0.0718. The van der Waals surface area contributed by atoms with Gasteiger partial charge in [-0.05, 0) is 55.4 Å². The van der Waals surface area contributed by atoms with E-state index < -0.39 is 38.8 Å². The van der Waals surface area contributed by atoms with E-state index in [9.17, 15) is 0 Å². The van der Waals surface area contributed by atoms with E-state index in [0.717, 1.165) is 22.3 Å². The summed E-state index contributed by atoms with van der Waals surface area (Å²) in [6.07, 6.45) is 3.49. The van der Waals surface area contributed by atoms with Crippen molar-refractivity contribution in [1.82, 2.24) is 0 Å². The standard InChI is InChI=1S/C55H61BO5Si/c1-41(40-59-62(53(3,4)5,47-34-22-12-23-35-47)48-36-24-13-25-37-48)38-39-49-42(2)50(49)56-60-51(54(57-6,43-26-14-8-15-27-43)44-28-16-9-17-29-44)52(61-56)55(58-7,45-30-18-10-19-31-45)46-32-20-11-21-33-46/h8-39,41-42,49-52H,40H2,1-7H3/b39-38+/t41-,42-,49+,50+,51-,52-/m1/s1. The molecule has 1 saturated heterocycles. The Morgan fingerprint density at radius 3 is 1.23 bits per heavy atom. The normalized spacial score (nSPS) is 21.3. The first-order valence-corrected chi connectivity index (χ1v) is 24.1. The summed E-state index contributed by atoms with van der Waals surface area (Å²) in [5, 5.41) is 2.50. The highest BCUT2D eigenvalue weighted by Gasteiger charge is 2.67. The fraction of sp³-hybridized carbons (Fsp3) is 0.309. The summed E-state index contributed by atoms with van der Waals surface area (Å²) in [5.74, 6) is 0.887. The van der Waals surface area contributed by atoms with Gasteiger partial charge in [-0.2, -0.15) is 0 Å². The molecule has 2 fully saturated rings. The van der Waals surface area contributed by atoms with Crippen LogP contribution in [0, 0.1) is 17.8 Å². The lowest BCUT2D eigenvalue weighted by Crippen LogP contribution is -2.66. The summed E-state index contributed by atoms with van der Waals surface area (Å²) in [4.78, 5) is 0. The second-order valence-electron chi connectivity index (χ2n) is 18.2. The maximum atomic E-state index is 7.47. The molecule has 0 radical (unpaired) electrons. The molecule has 8 rings (SSSR count). The molecule has 6 aromatic rings. The Morgan fingerprint density at radius 1 is 0.565 bits per heavy atom. The molecule has 7 heteroatoms. The van der Waals surface area contributed by atoms with Crippen LogP contribution in [0.3, 0.4) is 0 Å². The van der Waals surface area contributed by atoms with E-state index in [4.69, 9.17) is 23.2 Å². The summed E-state index contributed by atoms with van der Waals surface area (Å²) in [7, 11) is 0.378. The van der Waals surface area contributed by atoms with Crippen LogP contribution >= 0.6 is 0 Å². The van der Waals surface area contributed by atoms with Gasteiger partial charge in [0.15, 0.2) is 0 Å².